The number of benzene rings is 1. The molecule has 2 rings (SSSR count). The number of hydrogen-bond donors (Lipinski definition) is 2. The lowest BCUT2D eigenvalue weighted by Gasteiger charge is -2.14. The average molecular weight is 322 g/mol. The molecule has 0 radical (unpaired) electrons. The van der Waals surface area contributed by atoms with Gasteiger partial charge in [0.1, 0.15) is 12.0 Å². The van der Waals surface area contributed by atoms with Crippen molar-refractivity contribution >= 4 is 15.7 Å². The van der Waals surface area contributed by atoms with E-state index in [1.54, 1.807) is 18.2 Å². The Morgan fingerprint density at radius 1 is 1.32 bits per heavy atom. The lowest BCUT2D eigenvalue weighted by atomic mass is 10.1. The molecule has 3 N–H and O–H groups in total. The van der Waals surface area contributed by atoms with E-state index in [1.165, 1.54) is 18.4 Å². The maximum absolute atomic E-state index is 12.1. The summed E-state index contributed by atoms with van der Waals surface area (Å²) in [4.78, 5) is 12.3. The Hall–Kier alpha value is -2.12. The van der Waals surface area contributed by atoms with Crippen LogP contribution in [0.3, 0.4) is 0 Å². The fourth-order valence-electron chi connectivity index (χ4n) is 1.97. The van der Waals surface area contributed by atoms with E-state index >= 15 is 0 Å². The third-order valence-electron chi connectivity index (χ3n) is 3.27. The van der Waals surface area contributed by atoms with Crippen LogP contribution in [0.25, 0.3) is 0 Å². The quantitative estimate of drug-likeness (QED) is 0.871. The van der Waals surface area contributed by atoms with E-state index in [2.05, 4.69) is 5.32 Å². The van der Waals surface area contributed by atoms with Crippen LogP contribution in [0, 0.1) is 0 Å². The van der Waals surface area contributed by atoms with E-state index in [9.17, 15) is 13.2 Å². The number of furan rings is 1. The largest absolute Gasteiger partial charge is 0.467 e. The topological polar surface area (TPSA) is 102 Å². The molecule has 1 heterocycles. The predicted molar refractivity (Wildman–Crippen MR) is 82.0 cm³/mol. The standard InChI is InChI=1S/C15H18N2O4S/c1-10(11-3-5-14(6-4-11)22(2,19)20)17-15(18)12-7-13(8-16)21-9-12/h3-7,9-10H,8,16H2,1-2H3,(H,17,18). The van der Waals surface area contributed by atoms with E-state index in [1.807, 2.05) is 6.92 Å². The Labute approximate surface area is 129 Å². The molecule has 0 aliphatic carbocycles. The van der Waals surface area contributed by atoms with Crippen LogP contribution < -0.4 is 11.1 Å². The van der Waals surface area contributed by atoms with Crippen LogP contribution in [0.1, 0.15) is 34.6 Å². The number of carbonyl (C=O) groups is 1. The number of amides is 1. The van der Waals surface area contributed by atoms with Gasteiger partial charge in [0, 0.05) is 6.26 Å². The van der Waals surface area contributed by atoms with Crippen LogP contribution in [0.4, 0.5) is 0 Å². The molecule has 0 spiro atoms. The highest BCUT2D eigenvalue weighted by Gasteiger charge is 2.14. The summed E-state index contributed by atoms with van der Waals surface area (Å²) in [5, 5.41) is 2.82. The van der Waals surface area contributed by atoms with E-state index in [4.69, 9.17) is 10.2 Å². The normalized spacial score (nSPS) is 12.9. The third-order valence-corrected chi connectivity index (χ3v) is 4.40. The van der Waals surface area contributed by atoms with Gasteiger partial charge in [0.2, 0.25) is 0 Å². The fraction of sp³-hybridized carbons (Fsp3) is 0.267. The van der Waals surface area contributed by atoms with Gasteiger partial charge in [0.15, 0.2) is 9.84 Å². The molecule has 118 valence electrons. The van der Waals surface area contributed by atoms with Crippen molar-refractivity contribution in [3.63, 3.8) is 0 Å². The molecule has 0 fully saturated rings. The highest BCUT2D eigenvalue weighted by Crippen LogP contribution is 2.17. The molecule has 0 aliphatic heterocycles. The molecule has 1 amide bonds. The number of nitrogens with one attached hydrogen (secondary N) is 1. The Balaban J connectivity index is 2.08. The minimum Gasteiger partial charge on any atom is -0.467 e. The lowest BCUT2D eigenvalue weighted by molar-refractivity contribution is 0.0939. The zero-order valence-corrected chi connectivity index (χ0v) is 13.2. The first-order valence-corrected chi connectivity index (χ1v) is 8.58. The van der Waals surface area contributed by atoms with E-state index in [0.29, 0.717) is 11.3 Å². The molecule has 0 saturated heterocycles. The smallest absolute Gasteiger partial charge is 0.255 e. The fourth-order valence-corrected chi connectivity index (χ4v) is 2.60. The summed E-state index contributed by atoms with van der Waals surface area (Å²) >= 11 is 0. The molecule has 1 aromatic carbocycles. The van der Waals surface area contributed by atoms with Gasteiger partial charge in [-0.2, -0.15) is 0 Å². The number of hydrogen-bond acceptors (Lipinski definition) is 5. The van der Waals surface area contributed by atoms with Gasteiger partial charge in [0.05, 0.1) is 23.0 Å². The summed E-state index contributed by atoms with van der Waals surface area (Å²) in [6, 6.07) is 7.74. The first kappa shape index (κ1) is 16.3. The summed E-state index contributed by atoms with van der Waals surface area (Å²) in [7, 11) is -3.22. The number of carbonyl (C=O) groups excluding carboxylic acids is 1. The Bertz CT molecular complexity index is 763. The first-order chi connectivity index (χ1) is 10.3. The van der Waals surface area contributed by atoms with Gasteiger partial charge in [-0.05, 0) is 30.7 Å². The van der Waals surface area contributed by atoms with Crippen LogP contribution in [0.2, 0.25) is 0 Å². The molecular weight excluding hydrogens is 304 g/mol. The molecule has 6 nitrogen and oxygen atoms in total. The molecule has 1 atom stereocenters. The van der Waals surface area contributed by atoms with Crippen LogP contribution in [0.15, 0.2) is 45.9 Å². The predicted octanol–water partition coefficient (Wildman–Crippen LogP) is 1.63. The minimum atomic E-state index is -3.22. The molecular formula is C15H18N2O4S. The minimum absolute atomic E-state index is 0.232. The number of rotatable bonds is 5. The molecule has 2 aromatic rings. The Kier molecular flexibility index (Phi) is 4.68. The summed E-state index contributed by atoms with van der Waals surface area (Å²) in [6.07, 6.45) is 2.51. The molecule has 1 unspecified atom stereocenters. The second-order valence-corrected chi connectivity index (χ2v) is 7.06. The van der Waals surface area contributed by atoms with Gasteiger partial charge in [-0.3, -0.25) is 4.79 Å². The van der Waals surface area contributed by atoms with Crippen molar-refractivity contribution in [3.8, 4) is 0 Å². The number of sulfone groups is 1. The zero-order chi connectivity index (χ0) is 16.3. The summed E-state index contributed by atoms with van der Waals surface area (Å²) in [6.45, 7) is 2.05. The van der Waals surface area contributed by atoms with Crippen LogP contribution >= 0.6 is 0 Å². The summed E-state index contributed by atoms with van der Waals surface area (Å²) < 4.78 is 28.0. The van der Waals surface area contributed by atoms with E-state index < -0.39 is 9.84 Å². The van der Waals surface area contributed by atoms with Crippen molar-refractivity contribution in [2.45, 2.75) is 24.4 Å². The SMILES string of the molecule is CC(NC(=O)c1coc(CN)c1)c1ccc(S(C)(=O)=O)cc1. The van der Waals surface area contributed by atoms with Crippen molar-refractivity contribution in [1.29, 1.82) is 0 Å². The first-order valence-electron chi connectivity index (χ1n) is 6.69. The molecule has 1 aromatic heterocycles. The van der Waals surface area contributed by atoms with Gasteiger partial charge in [0.25, 0.3) is 5.91 Å². The lowest BCUT2D eigenvalue weighted by Crippen LogP contribution is -2.26. The Morgan fingerprint density at radius 3 is 2.45 bits per heavy atom. The Morgan fingerprint density at radius 2 is 1.95 bits per heavy atom. The molecule has 0 aliphatic rings. The van der Waals surface area contributed by atoms with Crippen molar-refractivity contribution in [3.05, 3.63) is 53.5 Å². The number of nitrogens with two attached hydrogens (primary N) is 1. The van der Waals surface area contributed by atoms with Gasteiger partial charge in [-0.25, -0.2) is 8.42 Å². The molecule has 22 heavy (non-hydrogen) atoms. The van der Waals surface area contributed by atoms with Gasteiger partial charge >= 0.3 is 0 Å². The van der Waals surface area contributed by atoms with Crippen LogP contribution in [0.5, 0.6) is 0 Å². The molecule has 0 bridgehead atoms. The van der Waals surface area contributed by atoms with Gasteiger partial charge in [-0.1, -0.05) is 12.1 Å². The van der Waals surface area contributed by atoms with E-state index in [0.717, 1.165) is 11.8 Å². The maximum atomic E-state index is 12.1. The average Bonchev–Trinajstić information content (AvgIpc) is 2.95. The maximum Gasteiger partial charge on any atom is 0.255 e. The van der Waals surface area contributed by atoms with Gasteiger partial charge < -0.3 is 15.5 Å². The second kappa shape index (κ2) is 6.33. The zero-order valence-electron chi connectivity index (χ0n) is 12.4. The second-order valence-electron chi connectivity index (χ2n) is 5.04. The van der Waals surface area contributed by atoms with Crippen molar-refractivity contribution in [2.75, 3.05) is 6.26 Å². The molecule has 0 saturated carbocycles. The van der Waals surface area contributed by atoms with Crippen molar-refractivity contribution in [2.24, 2.45) is 5.73 Å². The van der Waals surface area contributed by atoms with Crippen molar-refractivity contribution in [1.82, 2.24) is 5.32 Å². The third kappa shape index (κ3) is 3.75. The highest BCUT2D eigenvalue weighted by molar-refractivity contribution is 7.90. The van der Waals surface area contributed by atoms with Gasteiger partial charge in [-0.15, -0.1) is 0 Å². The summed E-state index contributed by atoms with van der Waals surface area (Å²) in [5.74, 6) is 0.262. The van der Waals surface area contributed by atoms with Crippen LogP contribution in [-0.2, 0) is 16.4 Å². The van der Waals surface area contributed by atoms with Crippen LogP contribution in [-0.4, -0.2) is 20.6 Å². The monoisotopic (exact) mass is 322 g/mol. The van der Waals surface area contributed by atoms with Crippen molar-refractivity contribution < 1.29 is 17.6 Å². The highest BCUT2D eigenvalue weighted by atomic mass is 32.2. The van der Waals surface area contributed by atoms with E-state index in [-0.39, 0.29) is 23.4 Å². The molecule has 7 heteroatoms. The summed E-state index contributed by atoms with van der Waals surface area (Å²) in [5.41, 5.74) is 6.64.